The minimum atomic E-state index is -0.678. The summed E-state index contributed by atoms with van der Waals surface area (Å²) in [6.07, 6.45) is 0. The number of amides is 1. The van der Waals surface area contributed by atoms with Crippen LogP contribution in [0.4, 0.5) is 15.8 Å². The van der Waals surface area contributed by atoms with Crippen molar-refractivity contribution in [2.45, 2.75) is 6.92 Å². The number of halogens is 1. The molecule has 2 rings (SSSR count). The van der Waals surface area contributed by atoms with Crippen molar-refractivity contribution in [1.82, 2.24) is 0 Å². The van der Waals surface area contributed by atoms with Gasteiger partial charge in [0.1, 0.15) is 17.4 Å². The molecule has 0 heterocycles. The number of benzene rings is 2. The summed E-state index contributed by atoms with van der Waals surface area (Å²) in [5.41, 5.74) is 7.06. The van der Waals surface area contributed by atoms with Crippen molar-refractivity contribution in [2.75, 3.05) is 11.1 Å². The van der Waals surface area contributed by atoms with Crippen LogP contribution in [0.3, 0.4) is 0 Å². The highest BCUT2D eigenvalue weighted by molar-refractivity contribution is 6.09. The molecule has 2 aromatic carbocycles. The van der Waals surface area contributed by atoms with E-state index in [-0.39, 0.29) is 11.3 Å². The van der Waals surface area contributed by atoms with E-state index in [0.717, 1.165) is 6.07 Å². The fourth-order valence-corrected chi connectivity index (χ4v) is 1.93. The Morgan fingerprint density at radius 2 is 2.00 bits per heavy atom. The van der Waals surface area contributed by atoms with Crippen LogP contribution in [0.25, 0.3) is 0 Å². The van der Waals surface area contributed by atoms with Crippen molar-refractivity contribution in [3.63, 3.8) is 0 Å². The number of hydrogen-bond donors (Lipinski definition) is 2. The summed E-state index contributed by atoms with van der Waals surface area (Å²) in [7, 11) is 0. The standard InChI is InChI=1S/C15H12FN3O/c1-9-4-2-6-12(18)14(9)15(20)19-13-7-3-5-11(16)10(13)8-17/h2-7H,18H2,1H3,(H,19,20). The number of nitrogen functional groups attached to an aromatic ring is 1. The number of nitrogens with one attached hydrogen (secondary N) is 1. The molecule has 3 N–H and O–H groups in total. The lowest BCUT2D eigenvalue weighted by Gasteiger charge is -2.11. The maximum Gasteiger partial charge on any atom is 0.258 e. The van der Waals surface area contributed by atoms with E-state index >= 15 is 0 Å². The van der Waals surface area contributed by atoms with E-state index in [9.17, 15) is 9.18 Å². The summed E-state index contributed by atoms with van der Waals surface area (Å²) in [4.78, 5) is 12.2. The van der Waals surface area contributed by atoms with Crippen LogP contribution in [-0.2, 0) is 0 Å². The van der Waals surface area contributed by atoms with Gasteiger partial charge in [-0.25, -0.2) is 4.39 Å². The van der Waals surface area contributed by atoms with Crippen molar-refractivity contribution < 1.29 is 9.18 Å². The first-order valence-corrected chi connectivity index (χ1v) is 5.89. The first kappa shape index (κ1) is 13.6. The molecule has 0 aromatic heterocycles. The molecule has 0 spiro atoms. The monoisotopic (exact) mass is 269 g/mol. The SMILES string of the molecule is Cc1cccc(N)c1C(=O)Nc1cccc(F)c1C#N. The molecule has 0 atom stereocenters. The van der Waals surface area contributed by atoms with Crippen molar-refractivity contribution in [1.29, 1.82) is 5.26 Å². The van der Waals surface area contributed by atoms with Crippen LogP contribution in [0.1, 0.15) is 21.5 Å². The molecule has 2 aromatic rings. The first-order valence-electron chi connectivity index (χ1n) is 5.89. The molecule has 1 amide bonds. The third kappa shape index (κ3) is 2.45. The maximum atomic E-state index is 13.5. The number of rotatable bonds is 2. The van der Waals surface area contributed by atoms with E-state index < -0.39 is 11.7 Å². The average molecular weight is 269 g/mol. The minimum absolute atomic E-state index is 0.125. The average Bonchev–Trinajstić information content (AvgIpc) is 2.38. The number of hydrogen-bond acceptors (Lipinski definition) is 3. The molecular formula is C15H12FN3O. The lowest BCUT2D eigenvalue weighted by atomic mass is 10.1. The molecule has 100 valence electrons. The second kappa shape index (κ2) is 5.41. The number of carbonyl (C=O) groups excluding carboxylic acids is 1. The topological polar surface area (TPSA) is 78.9 Å². The minimum Gasteiger partial charge on any atom is -0.398 e. The molecular weight excluding hydrogens is 257 g/mol. The summed E-state index contributed by atoms with van der Waals surface area (Å²) < 4.78 is 13.5. The molecule has 0 unspecified atom stereocenters. The summed E-state index contributed by atoms with van der Waals surface area (Å²) in [6, 6.07) is 10.9. The largest absolute Gasteiger partial charge is 0.398 e. The number of nitriles is 1. The fraction of sp³-hybridized carbons (Fsp3) is 0.0667. The zero-order valence-electron chi connectivity index (χ0n) is 10.8. The summed E-state index contributed by atoms with van der Waals surface area (Å²) in [5.74, 6) is -1.15. The van der Waals surface area contributed by atoms with Gasteiger partial charge in [0, 0.05) is 5.69 Å². The Kier molecular flexibility index (Phi) is 3.67. The number of nitrogens with two attached hydrogens (primary N) is 1. The van der Waals surface area contributed by atoms with Gasteiger partial charge >= 0.3 is 0 Å². The molecule has 0 aliphatic carbocycles. The van der Waals surface area contributed by atoms with E-state index in [2.05, 4.69) is 5.32 Å². The van der Waals surface area contributed by atoms with Crippen LogP contribution in [-0.4, -0.2) is 5.91 Å². The molecule has 0 aliphatic rings. The maximum absolute atomic E-state index is 13.5. The van der Waals surface area contributed by atoms with E-state index in [4.69, 9.17) is 11.0 Å². The molecule has 0 bridgehead atoms. The zero-order chi connectivity index (χ0) is 14.7. The van der Waals surface area contributed by atoms with Crippen LogP contribution >= 0.6 is 0 Å². The van der Waals surface area contributed by atoms with Gasteiger partial charge in [0.05, 0.1) is 11.3 Å². The highest BCUT2D eigenvalue weighted by atomic mass is 19.1. The Balaban J connectivity index is 2.39. The van der Waals surface area contributed by atoms with Crippen molar-refractivity contribution in [2.24, 2.45) is 0 Å². The van der Waals surface area contributed by atoms with Gasteiger partial charge in [0.2, 0.25) is 0 Å². The Hall–Kier alpha value is -2.87. The predicted octanol–water partition coefficient (Wildman–Crippen LogP) is 2.84. The molecule has 0 aliphatic heterocycles. The fourth-order valence-electron chi connectivity index (χ4n) is 1.93. The molecule has 5 heteroatoms. The number of anilines is 2. The van der Waals surface area contributed by atoms with Crippen LogP contribution in [0.15, 0.2) is 36.4 Å². The van der Waals surface area contributed by atoms with E-state index in [1.54, 1.807) is 31.2 Å². The van der Waals surface area contributed by atoms with E-state index in [1.807, 2.05) is 0 Å². The zero-order valence-corrected chi connectivity index (χ0v) is 10.8. The third-order valence-electron chi connectivity index (χ3n) is 2.91. The lowest BCUT2D eigenvalue weighted by molar-refractivity contribution is 0.102. The number of aryl methyl sites for hydroxylation is 1. The Labute approximate surface area is 115 Å². The van der Waals surface area contributed by atoms with Gasteiger partial charge < -0.3 is 11.1 Å². The van der Waals surface area contributed by atoms with E-state index in [1.165, 1.54) is 12.1 Å². The highest BCUT2D eigenvalue weighted by Gasteiger charge is 2.15. The van der Waals surface area contributed by atoms with Crippen molar-refractivity contribution >= 4 is 17.3 Å². The van der Waals surface area contributed by atoms with Crippen LogP contribution in [0, 0.1) is 24.1 Å². The van der Waals surface area contributed by atoms with Crippen LogP contribution in [0.5, 0.6) is 0 Å². The molecule has 0 radical (unpaired) electrons. The Morgan fingerprint density at radius 1 is 1.30 bits per heavy atom. The lowest BCUT2D eigenvalue weighted by Crippen LogP contribution is -2.16. The van der Waals surface area contributed by atoms with Gasteiger partial charge in [0.25, 0.3) is 5.91 Å². The normalized spacial score (nSPS) is 9.85. The number of carbonyl (C=O) groups is 1. The van der Waals surface area contributed by atoms with Gasteiger partial charge in [-0.05, 0) is 30.7 Å². The van der Waals surface area contributed by atoms with Gasteiger partial charge in [-0.15, -0.1) is 0 Å². The smallest absolute Gasteiger partial charge is 0.258 e. The number of nitrogens with zero attached hydrogens (tertiary/aromatic N) is 1. The summed E-state index contributed by atoms with van der Waals surface area (Å²) in [5, 5.41) is 11.4. The summed E-state index contributed by atoms with van der Waals surface area (Å²) >= 11 is 0. The molecule has 20 heavy (non-hydrogen) atoms. The molecule has 0 saturated heterocycles. The third-order valence-corrected chi connectivity index (χ3v) is 2.91. The highest BCUT2D eigenvalue weighted by Crippen LogP contribution is 2.21. The van der Waals surface area contributed by atoms with Gasteiger partial charge in [-0.3, -0.25) is 4.79 Å². The van der Waals surface area contributed by atoms with Gasteiger partial charge in [-0.1, -0.05) is 18.2 Å². The van der Waals surface area contributed by atoms with Crippen LogP contribution < -0.4 is 11.1 Å². The van der Waals surface area contributed by atoms with Gasteiger partial charge in [-0.2, -0.15) is 5.26 Å². The Bertz CT molecular complexity index is 699. The summed E-state index contributed by atoms with van der Waals surface area (Å²) in [6.45, 7) is 1.75. The van der Waals surface area contributed by atoms with E-state index in [0.29, 0.717) is 16.8 Å². The first-order chi connectivity index (χ1) is 9.54. The molecule has 0 saturated carbocycles. The van der Waals surface area contributed by atoms with Crippen molar-refractivity contribution in [3.8, 4) is 6.07 Å². The van der Waals surface area contributed by atoms with Crippen molar-refractivity contribution in [3.05, 3.63) is 58.9 Å². The second-order valence-electron chi connectivity index (χ2n) is 4.27. The second-order valence-corrected chi connectivity index (χ2v) is 4.27. The Morgan fingerprint density at radius 3 is 2.65 bits per heavy atom. The van der Waals surface area contributed by atoms with Gasteiger partial charge in [0.15, 0.2) is 0 Å². The predicted molar refractivity (Wildman–Crippen MR) is 74.7 cm³/mol. The molecule has 0 fully saturated rings. The molecule has 4 nitrogen and oxygen atoms in total. The quantitative estimate of drug-likeness (QED) is 0.823. The van der Waals surface area contributed by atoms with Crippen LogP contribution in [0.2, 0.25) is 0 Å².